The molecule has 0 N–H and O–H groups in total. The van der Waals surface area contributed by atoms with Gasteiger partial charge >= 0.3 is 0 Å². The summed E-state index contributed by atoms with van der Waals surface area (Å²) < 4.78 is 0. The highest BCUT2D eigenvalue weighted by Crippen LogP contribution is 2.44. The van der Waals surface area contributed by atoms with Crippen LogP contribution in [-0.2, 0) is 6.42 Å². The van der Waals surface area contributed by atoms with Crippen LogP contribution in [0.4, 0.5) is 0 Å². The van der Waals surface area contributed by atoms with Gasteiger partial charge in [0, 0.05) is 30.8 Å². The maximum absolute atomic E-state index is 4.93. The summed E-state index contributed by atoms with van der Waals surface area (Å²) in [6.45, 7) is 10.9. The summed E-state index contributed by atoms with van der Waals surface area (Å²) in [6, 6.07) is 10.8. The predicted molar refractivity (Wildman–Crippen MR) is 108 cm³/mol. The average Bonchev–Trinajstić information content (AvgIpc) is 2.94. The van der Waals surface area contributed by atoms with Gasteiger partial charge in [0.25, 0.3) is 0 Å². The Balaban J connectivity index is 0.000000569. The number of benzene rings is 1. The van der Waals surface area contributed by atoms with E-state index in [1.807, 2.05) is 0 Å². The van der Waals surface area contributed by atoms with Gasteiger partial charge in [-0.15, -0.1) is 0 Å². The first kappa shape index (κ1) is 17.9. The first-order valence-corrected chi connectivity index (χ1v) is 9.52. The van der Waals surface area contributed by atoms with E-state index in [-0.39, 0.29) is 0 Å². The molecule has 1 aliphatic carbocycles. The molecule has 0 amide bonds. The lowest BCUT2D eigenvalue weighted by molar-refractivity contribution is 0.358. The summed E-state index contributed by atoms with van der Waals surface area (Å²) in [5.74, 6) is 0. The van der Waals surface area contributed by atoms with Crippen LogP contribution in [0.25, 0.3) is 16.7 Å². The molecule has 4 rings (SSSR count). The van der Waals surface area contributed by atoms with Crippen LogP contribution < -0.4 is 0 Å². The highest BCUT2D eigenvalue weighted by atomic mass is 15.1. The van der Waals surface area contributed by atoms with Gasteiger partial charge in [-0.2, -0.15) is 0 Å². The summed E-state index contributed by atoms with van der Waals surface area (Å²) in [5, 5.41) is 0. The number of pyridine rings is 1. The van der Waals surface area contributed by atoms with Gasteiger partial charge in [-0.1, -0.05) is 50.6 Å². The van der Waals surface area contributed by atoms with Crippen LogP contribution in [0.5, 0.6) is 0 Å². The van der Waals surface area contributed by atoms with Crippen LogP contribution in [-0.4, -0.2) is 30.0 Å². The molecular formula is C23H30N2. The molecule has 2 nitrogen and oxygen atoms in total. The molecule has 0 spiro atoms. The minimum Gasteiger partial charge on any atom is -0.302 e. The summed E-state index contributed by atoms with van der Waals surface area (Å²) in [5.41, 5.74) is 11.1. The monoisotopic (exact) mass is 334 g/mol. The maximum atomic E-state index is 4.93. The van der Waals surface area contributed by atoms with E-state index in [9.17, 15) is 0 Å². The van der Waals surface area contributed by atoms with Crippen molar-refractivity contribution in [3.63, 3.8) is 0 Å². The number of hydrogen-bond acceptors (Lipinski definition) is 2. The molecule has 132 valence electrons. The fourth-order valence-corrected chi connectivity index (χ4v) is 3.92. The second-order valence-corrected chi connectivity index (χ2v) is 7.34. The molecule has 1 aromatic heterocycles. The van der Waals surface area contributed by atoms with Gasteiger partial charge in [0.05, 0.1) is 5.69 Å². The zero-order valence-corrected chi connectivity index (χ0v) is 16.3. The molecule has 0 saturated carbocycles. The van der Waals surface area contributed by atoms with Crippen molar-refractivity contribution in [3.8, 4) is 11.1 Å². The van der Waals surface area contributed by atoms with E-state index in [2.05, 4.69) is 70.0 Å². The van der Waals surface area contributed by atoms with E-state index in [4.69, 9.17) is 4.98 Å². The van der Waals surface area contributed by atoms with Gasteiger partial charge in [0.1, 0.15) is 0 Å². The summed E-state index contributed by atoms with van der Waals surface area (Å²) in [7, 11) is 2.22. The smallest absolute Gasteiger partial charge is 0.0529 e. The standard InChI is InChI=1S/C20H22N2.C3H8/c1-13-14(2)21-18-11-16-12-22(3)10-9-17(16)20(18)19(13)15-7-5-4-6-8-15;1-3-2/h4-8H,9-12H2,1-3H3;3H2,1-2H3. The Morgan fingerprint density at radius 3 is 2.40 bits per heavy atom. The number of fused-ring (bicyclic) bond motifs is 2. The van der Waals surface area contributed by atoms with Gasteiger partial charge in [0.2, 0.25) is 0 Å². The number of likely N-dealkylation sites (N-methyl/N-ethyl adjacent to an activating group) is 1. The third kappa shape index (κ3) is 3.41. The zero-order chi connectivity index (χ0) is 18.0. The Kier molecular flexibility index (Phi) is 5.39. The van der Waals surface area contributed by atoms with E-state index >= 15 is 0 Å². The van der Waals surface area contributed by atoms with Crippen LogP contribution in [0, 0.1) is 13.8 Å². The molecule has 0 unspecified atom stereocenters. The molecule has 2 heterocycles. The quantitative estimate of drug-likeness (QED) is 0.691. The number of aromatic nitrogens is 1. The van der Waals surface area contributed by atoms with Gasteiger partial charge in [0.15, 0.2) is 0 Å². The third-order valence-corrected chi connectivity index (χ3v) is 5.14. The Bertz CT molecular complexity index is 787. The molecule has 1 aromatic carbocycles. The Morgan fingerprint density at radius 1 is 1.04 bits per heavy atom. The number of hydrogen-bond donors (Lipinski definition) is 0. The summed E-state index contributed by atoms with van der Waals surface area (Å²) >= 11 is 0. The summed E-state index contributed by atoms with van der Waals surface area (Å²) in [6.07, 6.45) is 3.44. The highest BCUT2D eigenvalue weighted by molar-refractivity contribution is 5.89. The highest BCUT2D eigenvalue weighted by Gasteiger charge is 2.30. The number of aryl methyl sites for hydroxylation is 1. The molecule has 1 aliphatic heterocycles. The molecule has 0 bridgehead atoms. The van der Waals surface area contributed by atoms with Crippen molar-refractivity contribution in [1.29, 1.82) is 0 Å². The molecule has 0 saturated heterocycles. The van der Waals surface area contributed by atoms with Gasteiger partial charge < -0.3 is 4.90 Å². The molecule has 0 atom stereocenters. The second kappa shape index (κ2) is 7.53. The fraction of sp³-hybridized carbons (Fsp3) is 0.435. The first-order valence-electron chi connectivity index (χ1n) is 9.52. The lowest BCUT2D eigenvalue weighted by Gasteiger charge is -2.25. The number of rotatable bonds is 1. The lowest BCUT2D eigenvalue weighted by atomic mass is 9.89. The van der Waals surface area contributed by atoms with E-state index < -0.39 is 0 Å². The third-order valence-electron chi connectivity index (χ3n) is 5.14. The van der Waals surface area contributed by atoms with Gasteiger partial charge in [-0.25, -0.2) is 0 Å². The van der Waals surface area contributed by atoms with Crippen LogP contribution in [0.3, 0.4) is 0 Å². The first-order chi connectivity index (χ1) is 12.1. The SMILES string of the molecule is CCC.Cc1nc2c(c(-c3ccccc3)c1C)C1=C(C2)CN(C)CC1. The van der Waals surface area contributed by atoms with Crippen molar-refractivity contribution in [3.05, 3.63) is 58.4 Å². The normalized spacial score (nSPS) is 16.2. The molecule has 0 radical (unpaired) electrons. The topological polar surface area (TPSA) is 16.1 Å². The lowest BCUT2D eigenvalue weighted by Crippen LogP contribution is -2.26. The van der Waals surface area contributed by atoms with Crippen molar-refractivity contribution in [1.82, 2.24) is 9.88 Å². The number of nitrogens with zero attached hydrogens (tertiary/aromatic N) is 2. The van der Waals surface area contributed by atoms with Gasteiger partial charge in [-0.05, 0) is 55.2 Å². The maximum Gasteiger partial charge on any atom is 0.0529 e. The van der Waals surface area contributed by atoms with Crippen molar-refractivity contribution in [2.75, 3.05) is 20.1 Å². The minimum absolute atomic E-state index is 1.04. The van der Waals surface area contributed by atoms with E-state index in [0.717, 1.165) is 25.9 Å². The second-order valence-electron chi connectivity index (χ2n) is 7.34. The van der Waals surface area contributed by atoms with Gasteiger partial charge in [-0.3, -0.25) is 4.98 Å². The van der Waals surface area contributed by atoms with Crippen LogP contribution in [0.15, 0.2) is 35.9 Å². The van der Waals surface area contributed by atoms with E-state index in [0.29, 0.717) is 0 Å². The zero-order valence-electron chi connectivity index (χ0n) is 16.3. The van der Waals surface area contributed by atoms with Crippen molar-refractivity contribution < 1.29 is 0 Å². The van der Waals surface area contributed by atoms with Crippen LogP contribution in [0.1, 0.15) is 49.2 Å². The van der Waals surface area contributed by atoms with Crippen molar-refractivity contribution in [2.24, 2.45) is 0 Å². The Morgan fingerprint density at radius 2 is 1.72 bits per heavy atom. The minimum atomic E-state index is 1.04. The molecule has 2 aliphatic rings. The van der Waals surface area contributed by atoms with Crippen molar-refractivity contribution in [2.45, 2.75) is 47.0 Å². The van der Waals surface area contributed by atoms with E-state index in [1.54, 1.807) is 11.1 Å². The molecule has 2 aromatic rings. The Labute approximate surface area is 152 Å². The van der Waals surface area contributed by atoms with Crippen LogP contribution >= 0.6 is 0 Å². The van der Waals surface area contributed by atoms with Crippen molar-refractivity contribution >= 4 is 5.57 Å². The molecule has 0 fully saturated rings. The molecule has 2 heteroatoms. The van der Waals surface area contributed by atoms with Crippen LogP contribution in [0.2, 0.25) is 0 Å². The van der Waals surface area contributed by atoms with E-state index in [1.165, 1.54) is 40.1 Å². The Hall–Kier alpha value is -1.93. The summed E-state index contributed by atoms with van der Waals surface area (Å²) in [4.78, 5) is 7.35. The fourth-order valence-electron chi connectivity index (χ4n) is 3.92. The average molecular weight is 335 g/mol. The molecular weight excluding hydrogens is 304 g/mol. The largest absolute Gasteiger partial charge is 0.302 e. The predicted octanol–water partition coefficient (Wildman–Crippen LogP) is 5.43. The molecule has 25 heavy (non-hydrogen) atoms.